The molecule has 2 aromatic carbocycles. The van der Waals surface area contributed by atoms with E-state index in [1.54, 1.807) is 6.20 Å². The Bertz CT molecular complexity index is 1020. The van der Waals surface area contributed by atoms with Crippen molar-refractivity contribution >= 4 is 34.8 Å². The highest BCUT2D eigenvalue weighted by Gasteiger charge is 2.11. The molecular weight excluding hydrogens is 318 g/mol. The molecule has 4 heteroatoms. The lowest BCUT2D eigenvalue weighted by Crippen LogP contribution is -1.89. The second-order valence-corrected chi connectivity index (χ2v) is 5.83. The lowest BCUT2D eigenvalue weighted by atomic mass is 10.1. The van der Waals surface area contributed by atoms with Gasteiger partial charge in [-0.05, 0) is 42.0 Å². The van der Waals surface area contributed by atoms with Gasteiger partial charge in [0, 0.05) is 22.8 Å². The third kappa shape index (κ3) is 2.82. The summed E-state index contributed by atoms with van der Waals surface area (Å²) < 4.78 is 1.88. The second kappa shape index (κ2) is 6.30. The van der Waals surface area contributed by atoms with Crippen LogP contribution in [0.25, 0.3) is 34.6 Å². The summed E-state index contributed by atoms with van der Waals surface area (Å²) in [7, 11) is 0. The minimum Gasteiger partial charge on any atom is -0.255 e. The first-order valence-electron chi connectivity index (χ1n) is 7.64. The number of halogens is 1. The Labute approximate surface area is 144 Å². The number of rotatable bonds is 3. The van der Waals surface area contributed by atoms with Crippen molar-refractivity contribution < 1.29 is 0 Å². The lowest BCUT2D eigenvalue weighted by molar-refractivity contribution is 0.969. The Morgan fingerprint density at radius 3 is 2.62 bits per heavy atom. The molecule has 0 spiro atoms. The largest absolute Gasteiger partial charge is 0.255 e. The van der Waals surface area contributed by atoms with E-state index in [0.717, 1.165) is 32.9 Å². The van der Waals surface area contributed by atoms with E-state index >= 15 is 0 Å². The molecule has 24 heavy (non-hydrogen) atoms. The zero-order valence-corrected chi connectivity index (χ0v) is 13.6. The van der Waals surface area contributed by atoms with E-state index in [-0.39, 0.29) is 0 Å². The van der Waals surface area contributed by atoms with Gasteiger partial charge >= 0.3 is 0 Å². The molecule has 0 aliphatic carbocycles. The van der Waals surface area contributed by atoms with E-state index in [1.165, 1.54) is 0 Å². The zero-order valence-electron chi connectivity index (χ0n) is 12.8. The lowest BCUT2D eigenvalue weighted by Gasteiger charge is -1.97. The molecule has 3 nitrogen and oxygen atoms in total. The summed E-state index contributed by atoms with van der Waals surface area (Å²) in [5.74, 6) is 0. The van der Waals surface area contributed by atoms with Crippen molar-refractivity contribution in [3.63, 3.8) is 0 Å². The van der Waals surface area contributed by atoms with E-state index in [0.29, 0.717) is 0 Å². The van der Waals surface area contributed by atoms with Crippen molar-refractivity contribution in [2.75, 3.05) is 0 Å². The van der Waals surface area contributed by atoms with Crippen LogP contribution in [0.15, 0.2) is 72.9 Å². The highest BCUT2D eigenvalue weighted by atomic mass is 35.5. The van der Waals surface area contributed by atoms with E-state index in [2.05, 4.69) is 17.1 Å². The maximum atomic E-state index is 6.04. The summed E-state index contributed by atoms with van der Waals surface area (Å²) in [5.41, 5.74) is 3.81. The van der Waals surface area contributed by atoms with Crippen molar-refractivity contribution in [3.8, 4) is 11.4 Å². The number of para-hydroxylation sites is 1. The van der Waals surface area contributed by atoms with Gasteiger partial charge in [-0.25, -0.2) is 4.68 Å². The van der Waals surface area contributed by atoms with Crippen LogP contribution in [0.1, 0.15) is 5.56 Å². The van der Waals surface area contributed by atoms with Crippen LogP contribution in [-0.2, 0) is 0 Å². The summed E-state index contributed by atoms with van der Waals surface area (Å²) in [6.07, 6.45) is 5.72. The normalized spacial score (nSPS) is 11.4. The molecule has 0 aliphatic heterocycles. The molecule has 2 heterocycles. The number of hydrogen-bond donors (Lipinski definition) is 0. The monoisotopic (exact) mass is 331 g/mol. The van der Waals surface area contributed by atoms with Crippen molar-refractivity contribution in [1.29, 1.82) is 0 Å². The molecule has 0 atom stereocenters. The van der Waals surface area contributed by atoms with Gasteiger partial charge in [0.1, 0.15) is 5.69 Å². The fourth-order valence-electron chi connectivity index (χ4n) is 2.66. The predicted octanol–water partition coefficient (Wildman–Crippen LogP) is 5.38. The molecule has 0 saturated heterocycles. The fourth-order valence-corrected chi connectivity index (χ4v) is 2.86. The highest BCUT2D eigenvalue weighted by Crippen LogP contribution is 2.26. The van der Waals surface area contributed by atoms with Crippen molar-refractivity contribution in [3.05, 3.63) is 83.5 Å². The topological polar surface area (TPSA) is 30.7 Å². The Hall–Kier alpha value is -2.91. The number of aromatic nitrogens is 3. The maximum Gasteiger partial charge on any atom is 0.119 e. The van der Waals surface area contributed by atoms with E-state index in [9.17, 15) is 0 Å². The molecule has 0 bridgehead atoms. The number of hydrogen-bond acceptors (Lipinski definition) is 2. The maximum absolute atomic E-state index is 6.04. The Morgan fingerprint density at radius 2 is 1.79 bits per heavy atom. The van der Waals surface area contributed by atoms with Gasteiger partial charge < -0.3 is 0 Å². The van der Waals surface area contributed by atoms with Crippen molar-refractivity contribution in [1.82, 2.24) is 14.8 Å². The van der Waals surface area contributed by atoms with E-state index in [4.69, 9.17) is 16.7 Å². The average Bonchev–Trinajstić information content (AvgIpc) is 3.00. The molecule has 0 unspecified atom stereocenters. The molecular formula is C20H14ClN3. The fraction of sp³-hybridized carbons (Fsp3) is 0. The SMILES string of the molecule is Clc1cccc(C=Cn2nc(-c3ccccn3)c3ccccc32)c1. The summed E-state index contributed by atoms with van der Waals surface area (Å²) in [6, 6.07) is 21.7. The molecule has 116 valence electrons. The first-order valence-corrected chi connectivity index (χ1v) is 8.01. The van der Waals surface area contributed by atoms with E-state index < -0.39 is 0 Å². The Kier molecular flexibility index (Phi) is 3.85. The van der Waals surface area contributed by atoms with Crippen LogP contribution in [0.4, 0.5) is 0 Å². The van der Waals surface area contributed by atoms with Crippen LogP contribution in [0.5, 0.6) is 0 Å². The van der Waals surface area contributed by atoms with E-state index in [1.807, 2.05) is 71.6 Å². The molecule has 4 aromatic rings. The Balaban J connectivity index is 1.82. The summed E-state index contributed by atoms with van der Waals surface area (Å²) in [4.78, 5) is 4.42. The predicted molar refractivity (Wildman–Crippen MR) is 99.6 cm³/mol. The number of fused-ring (bicyclic) bond motifs is 1. The van der Waals surface area contributed by atoms with Gasteiger partial charge in [-0.3, -0.25) is 4.98 Å². The Morgan fingerprint density at radius 1 is 0.917 bits per heavy atom. The highest BCUT2D eigenvalue weighted by molar-refractivity contribution is 6.30. The van der Waals surface area contributed by atoms with Crippen LogP contribution in [0, 0.1) is 0 Å². The molecule has 0 radical (unpaired) electrons. The van der Waals surface area contributed by atoms with Crippen LogP contribution in [0.2, 0.25) is 5.02 Å². The molecule has 0 saturated carbocycles. The van der Waals surface area contributed by atoms with Crippen LogP contribution in [0.3, 0.4) is 0 Å². The third-order valence-electron chi connectivity index (χ3n) is 3.78. The molecule has 2 aromatic heterocycles. The molecule has 0 aliphatic rings. The minimum atomic E-state index is 0.719. The van der Waals surface area contributed by atoms with Gasteiger partial charge in [-0.2, -0.15) is 5.10 Å². The van der Waals surface area contributed by atoms with Gasteiger partial charge in [0.05, 0.1) is 11.2 Å². The zero-order chi connectivity index (χ0) is 16.4. The van der Waals surface area contributed by atoms with Crippen LogP contribution >= 0.6 is 11.6 Å². The molecule has 0 fully saturated rings. The summed E-state index contributed by atoms with van der Waals surface area (Å²) in [5, 5.41) is 6.53. The second-order valence-electron chi connectivity index (χ2n) is 5.40. The molecule has 0 amide bonds. The first-order chi connectivity index (χ1) is 11.8. The van der Waals surface area contributed by atoms with Crippen LogP contribution in [-0.4, -0.2) is 14.8 Å². The van der Waals surface area contributed by atoms with Crippen LogP contribution < -0.4 is 0 Å². The standard InChI is InChI=1S/C20H14ClN3/c21-16-7-5-6-15(14-16)11-13-24-19-10-2-1-8-17(19)20(23-24)18-9-3-4-12-22-18/h1-14H. The van der Waals surface area contributed by atoms with Gasteiger partial charge in [0.2, 0.25) is 0 Å². The van der Waals surface area contributed by atoms with Crippen molar-refractivity contribution in [2.45, 2.75) is 0 Å². The number of nitrogens with zero attached hydrogens (tertiary/aromatic N) is 3. The van der Waals surface area contributed by atoms with Gasteiger partial charge in [0.25, 0.3) is 0 Å². The number of benzene rings is 2. The summed E-state index contributed by atoms with van der Waals surface area (Å²) >= 11 is 6.04. The first kappa shape index (κ1) is 14.7. The van der Waals surface area contributed by atoms with Gasteiger partial charge in [-0.1, -0.05) is 48.0 Å². The van der Waals surface area contributed by atoms with Crippen molar-refractivity contribution in [2.24, 2.45) is 0 Å². The minimum absolute atomic E-state index is 0.719. The quantitative estimate of drug-likeness (QED) is 0.504. The third-order valence-corrected chi connectivity index (χ3v) is 4.01. The van der Waals surface area contributed by atoms with Gasteiger partial charge in [0.15, 0.2) is 0 Å². The summed E-state index contributed by atoms with van der Waals surface area (Å²) in [6.45, 7) is 0. The van der Waals surface area contributed by atoms with Gasteiger partial charge in [-0.15, -0.1) is 0 Å². The smallest absolute Gasteiger partial charge is 0.119 e. The average molecular weight is 332 g/mol. The molecule has 0 N–H and O–H groups in total. The number of pyridine rings is 1. The molecule has 4 rings (SSSR count).